The van der Waals surface area contributed by atoms with E-state index in [4.69, 9.17) is 0 Å². The van der Waals surface area contributed by atoms with Gasteiger partial charge in [-0.15, -0.1) is 0 Å². The second kappa shape index (κ2) is 10.8. The van der Waals surface area contributed by atoms with Crippen molar-refractivity contribution in [2.75, 3.05) is 0 Å². The first kappa shape index (κ1) is 20.3. The van der Waals surface area contributed by atoms with Crippen LogP contribution in [0.1, 0.15) is 63.9 Å². The quantitative estimate of drug-likeness (QED) is 0.332. The highest BCUT2D eigenvalue weighted by molar-refractivity contribution is 6.63. The van der Waals surface area contributed by atoms with E-state index in [0.29, 0.717) is 0 Å². The summed E-state index contributed by atoms with van der Waals surface area (Å²) in [6.07, 6.45) is 13.2. The molecule has 2 aliphatic rings. The number of aryl methyl sites for hydroxylation is 1. The van der Waals surface area contributed by atoms with Gasteiger partial charge in [0.25, 0.3) is 0 Å². The first-order chi connectivity index (χ1) is 12.7. The molecule has 1 aromatic carbocycles. The van der Waals surface area contributed by atoms with Crippen LogP contribution in [-0.4, -0.2) is 17.6 Å². The SMILES string of the molecule is CCCCC[SiH]1CCC([SiH]2CCC(CCc3ccc(F)cc3)CC2)CC1. The molecule has 0 spiro atoms. The molecule has 0 N–H and O–H groups in total. The van der Waals surface area contributed by atoms with E-state index in [0.717, 1.165) is 12.3 Å². The Bertz CT molecular complexity index is 499. The van der Waals surface area contributed by atoms with Gasteiger partial charge in [0.1, 0.15) is 5.82 Å². The van der Waals surface area contributed by atoms with Gasteiger partial charge in [-0.2, -0.15) is 0 Å². The van der Waals surface area contributed by atoms with Crippen molar-refractivity contribution in [2.45, 2.75) is 100 Å². The van der Waals surface area contributed by atoms with Crippen LogP contribution in [0, 0.1) is 11.7 Å². The predicted molar refractivity (Wildman–Crippen MR) is 118 cm³/mol. The first-order valence-corrected chi connectivity index (χ1v) is 16.2. The molecule has 2 aliphatic heterocycles. The van der Waals surface area contributed by atoms with Gasteiger partial charge in [0, 0.05) is 17.6 Å². The van der Waals surface area contributed by atoms with Crippen molar-refractivity contribution in [1.82, 2.24) is 0 Å². The lowest BCUT2D eigenvalue weighted by Gasteiger charge is -2.37. The highest BCUT2D eigenvalue weighted by Gasteiger charge is 2.31. The lowest BCUT2D eigenvalue weighted by molar-refractivity contribution is 0.433. The van der Waals surface area contributed by atoms with E-state index in [1.54, 1.807) is 55.2 Å². The molecule has 0 amide bonds. The van der Waals surface area contributed by atoms with Gasteiger partial charge in [-0.3, -0.25) is 0 Å². The number of hydrogen-bond donors (Lipinski definition) is 0. The summed E-state index contributed by atoms with van der Waals surface area (Å²) in [4.78, 5) is 0. The van der Waals surface area contributed by atoms with Crippen molar-refractivity contribution in [3.8, 4) is 0 Å². The Hall–Kier alpha value is -0.416. The fraction of sp³-hybridized carbons (Fsp3) is 0.739. The molecular formula is C23H39FSi2. The van der Waals surface area contributed by atoms with Crippen molar-refractivity contribution in [3.63, 3.8) is 0 Å². The smallest absolute Gasteiger partial charge is 0.123 e. The van der Waals surface area contributed by atoms with Gasteiger partial charge in [0.2, 0.25) is 0 Å². The molecule has 0 aromatic heterocycles. The van der Waals surface area contributed by atoms with Gasteiger partial charge in [-0.1, -0.05) is 94.2 Å². The molecule has 0 saturated carbocycles. The second-order valence-corrected chi connectivity index (χ2v) is 16.3. The van der Waals surface area contributed by atoms with E-state index in [2.05, 4.69) is 6.92 Å². The summed E-state index contributed by atoms with van der Waals surface area (Å²) in [6, 6.07) is 15.4. The molecule has 2 heterocycles. The maximum absolute atomic E-state index is 13.0. The summed E-state index contributed by atoms with van der Waals surface area (Å²) in [5.41, 5.74) is 2.53. The van der Waals surface area contributed by atoms with E-state index in [-0.39, 0.29) is 14.6 Å². The Morgan fingerprint density at radius 3 is 2.27 bits per heavy atom. The Labute approximate surface area is 164 Å². The molecule has 0 radical (unpaired) electrons. The summed E-state index contributed by atoms with van der Waals surface area (Å²) in [5.74, 6) is 0.840. The molecule has 0 atom stereocenters. The highest BCUT2D eigenvalue weighted by atomic mass is 28.3. The molecule has 146 valence electrons. The van der Waals surface area contributed by atoms with E-state index in [1.807, 2.05) is 12.1 Å². The minimum absolute atomic E-state index is 0.108. The van der Waals surface area contributed by atoms with Crippen molar-refractivity contribution in [3.05, 3.63) is 35.6 Å². The van der Waals surface area contributed by atoms with Crippen molar-refractivity contribution < 1.29 is 4.39 Å². The van der Waals surface area contributed by atoms with Crippen LogP contribution in [0.15, 0.2) is 24.3 Å². The van der Waals surface area contributed by atoms with Crippen LogP contribution in [0.5, 0.6) is 0 Å². The zero-order valence-corrected chi connectivity index (χ0v) is 19.2. The van der Waals surface area contributed by atoms with Gasteiger partial charge >= 0.3 is 0 Å². The van der Waals surface area contributed by atoms with Gasteiger partial charge in [0.15, 0.2) is 0 Å². The third-order valence-corrected chi connectivity index (χ3v) is 15.1. The third-order valence-electron chi connectivity index (χ3n) is 7.42. The molecule has 26 heavy (non-hydrogen) atoms. The van der Waals surface area contributed by atoms with Crippen LogP contribution in [-0.2, 0) is 6.42 Å². The van der Waals surface area contributed by atoms with Crippen LogP contribution in [0.2, 0.25) is 35.8 Å². The minimum atomic E-state index is -0.439. The lowest BCUT2D eigenvalue weighted by atomic mass is 9.94. The summed E-state index contributed by atoms with van der Waals surface area (Å²) in [7, 11) is -0.757. The monoisotopic (exact) mass is 390 g/mol. The van der Waals surface area contributed by atoms with Crippen LogP contribution in [0.25, 0.3) is 0 Å². The fourth-order valence-electron chi connectivity index (χ4n) is 5.60. The summed E-state index contributed by atoms with van der Waals surface area (Å²) >= 11 is 0. The topological polar surface area (TPSA) is 0 Å². The van der Waals surface area contributed by atoms with Crippen molar-refractivity contribution >= 4 is 17.6 Å². The van der Waals surface area contributed by atoms with Crippen LogP contribution in [0.4, 0.5) is 4.39 Å². The predicted octanol–water partition coefficient (Wildman–Crippen LogP) is 6.98. The van der Waals surface area contributed by atoms with E-state index in [1.165, 1.54) is 49.6 Å². The lowest BCUT2D eigenvalue weighted by Crippen LogP contribution is -2.31. The summed E-state index contributed by atoms with van der Waals surface area (Å²) in [6.45, 7) is 2.33. The molecule has 0 unspecified atom stereocenters. The van der Waals surface area contributed by atoms with Gasteiger partial charge in [0.05, 0.1) is 0 Å². The van der Waals surface area contributed by atoms with Crippen LogP contribution in [0.3, 0.4) is 0 Å². The molecule has 3 rings (SSSR count). The number of benzene rings is 1. The fourth-order valence-corrected chi connectivity index (χ4v) is 14.3. The maximum Gasteiger partial charge on any atom is 0.123 e. The zero-order chi connectivity index (χ0) is 18.2. The number of hydrogen-bond acceptors (Lipinski definition) is 0. The Morgan fingerprint density at radius 2 is 1.62 bits per heavy atom. The minimum Gasteiger partial charge on any atom is -0.207 e. The number of halogens is 1. The first-order valence-electron chi connectivity index (χ1n) is 11.5. The van der Waals surface area contributed by atoms with Gasteiger partial charge in [-0.05, 0) is 42.0 Å². The molecule has 0 bridgehead atoms. The summed E-state index contributed by atoms with van der Waals surface area (Å²) in [5, 5.41) is 0. The van der Waals surface area contributed by atoms with Crippen LogP contribution < -0.4 is 0 Å². The van der Waals surface area contributed by atoms with E-state index < -0.39 is 8.80 Å². The van der Waals surface area contributed by atoms with E-state index >= 15 is 0 Å². The normalized spacial score (nSPS) is 29.6. The number of unbranched alkanes of at least 4 members (excludes halogenated alkanes) is 2. The van der Waals surface area contributed by atoms with E-state index in [9.17, 15) is 4.39 Å². The average Bonchev–Trinajstić information content (AvgIpc) is 2.69. The molecular weight excluding hydrogens is 351 g/mol. The molecule has 2 fully saturated rings. The maximum atomic E-state index is 13.0. The molecule has 0 nitrogen and oxygen atoms in total. The number of rotatable bonds is 8. The molecule has 1 aromatic rings. The Balaban J connectivity index is 1.32. The van der Waals surface area contributed by atoms with Gasteiger partial charge < -0.3 is 0 Å². The standard InChI is InChI=1S/C23H39FSi2/c1-2-3-4-15-25-16-13-23(14-17-25)26-18-11-21(12-19-26)6-5-20-7-9-22(24)10-8-20/h7-10,21,23,25-26H,2-6,11-19H2,1H3. The largest absolute Gasteiger partial charge is 0.207 e. The van der Waals surface area contributed by atoms with Crippen molar-refractivity contribution in [1.29, 1.82) is 0 Å². The molecule has 2 saturated heterocycles. The van der Waals surface area contributed by atoms with Crippen LogP contribution >= 0.6 is 0 Å². The van der Waals surface area contributed by atoms with Crippen molar-refractivity contribution in [2.24, 2.45) is 5.92 Å². The summed E-state index contributed by atoms with van der Waals surface area (Å²) < 4.78 is 13.0. The second-order valence-electron chi connectivity index (χ2n) is 9.22. The average molecular weight is 391 g/mol. The molecule has 3 heteroatoms. The van der Waals surface area contributed by atoms with Gasteiger partial charge in [-0.25, -0.2) is 4.39 Å². The Morgan fingerprint density at radius 1 is 0.923 bits per heavy atom. The Kier molecular flexibility index (Phi) is 8.44. The highest BCUT2D eigenvalue weighted by Crippen LogP contribution is 2.41. The molecule has 0 aliphatic carbocycles. The zero-order valence-electron chi connectivity index (χ0n) is 16.9. The third kappa shape index (κ3) is 6.33.